The molecule has 8 heteroatoms. The van der Waals surface area contributed by atoms with Gasteiger partial charge in [0.25, 0.3) is 0 Å². The van der Waals surface area contributed by atoms with Crippen molar-refractivity contribution in [3.8, 4) is 11.6 Å². The van der Waals surface area contributed by atoms with Gasteiger partial charge in [0.2, 0.25) is 5.88 Å². The Balaban J connectivity index is 0.000000807. The molecule has 1 fully saturated rings. The van der Waals surface area contributed by atoms with Gasteiger partial charge in [0.05, 0.1) is 32.1 Å². The Kier molecular flexibility index (Phi) is 9.67. The number of nitrogens with one attached hydrogen (secondary N) is 2. The molecule has 8 nitrogen and oxygen atoms in total. The van der Waals surface area contributed by atoms with E-state index in [4.69, 9.17) is 9.47 Å². The van der Waals surface area contributed by atoms with E-state index in [-0.39, 0.29) is 5.78 Å². The van der Waals surface area contributed by atoms with Crippen LogP contribution in [0.4, 0.5) is 5.82 Å². The van der Waals surface area contributed by atoms with Crippen LogP contribution in [-0.2, 0) is 16.0 Å². The Morgan fingerprint density at radius 3 is 2.71 bits per heavy atom. The molecule has 0 unspecified atom stereocenters. The minimum atomic E-state index is 0.115. The van der Waals surface area contributed by atoms with Crippen molar-refractivity contribution < 1.29 is 14.3 Å². The van der Waals surface area contributed by atoms with Crippen LogP contribution in [-0.4, -0.2) is 46.3 Å². The molecule has 0 spiro atoms. The zero-order chi connectivity index (χ0) is 22.6. The van der Waals surface area contributed by atoms with Gasteiger partial charge in [-0.05, 0) is 30.7 Å². The third kappa shape index (κ3) is 7.20. The van der Waals surface area contributed by atoms with E-state index in [1.165, 1.54) is 0 Å². The summed E-state index contributed by atoms with van der Waals surface area (Å²) in [5.74, 6) is 1.95. The van der Waals surface area contributed by atoms with Crippen LogP contribution in [0.5, 0.6) is 11.6 Å². The lowest BCUT2D eigenvalue weighted by Crippen LogP contribution is -2.47. The molecule has 2 aromatic heterocycles. The molecule has 1 saturated heterocycles. The molecule has 1 aliphatic heterocycles. The topological polar surface area (TPSA) is 89.8 Å². The van der Waals surface area contributed by atoms with E-state index in [2.05, 4.69) is 33.9 Å². The number of aromatic nitrogens is 3. The molecule has 3 heterocycles. The highest BCUT2D eigenvalue weighted by molar-refractivity contribution is 5.78. The lowest BCUT2D eigenvalue weighted by molar-refractivity contribution is -0.116. The number of anilines is 1. The second kappa shape index (κ2) is 12.5. The van der Waals surface area contributed by atoms with Crippen LogP contribution in [0.15, 0.2) is 55.8 Å². The molecule has 1 aromatic carbocycles. The first-order chi connectivity index (χ1) is 15.2. The number of benzene rings is 1. The molecule has 0 atom stereocenters. The second-order valence-electron chi connectivity index (χ2n) is 6.52. The van der Waals surface area contributed by atoms with Crippen LogP contribution in [0.3, 0.4) is 0 Å². The maximum absolute atomic E-state index is 11.3. The lowest BCUT2D eigenvalue weighted by atomic mass is 10.1. The summed E-state index contributed by atoms with van der Waals surface area (Å²) in [5.41, 5.74) is 1.64. The van der Waals surface area contributed by atoms with Crippen molar-refractivity contribution in [2.75, 3.05) is 25.2 Å². The number of carbonyl (C=O) groups excluding carboxylic acids is 1. The van der Waals surface area contributed by atoms with Crippen molar-refractivity contribution >= 4 is 17.2 Å². The fourth-order valence-corrected chi connectivity index (χ4v) is 2.77. The first-order valence-corrected chi connectivity index (χ1v) is 10.3. The number of Topliss-reactive ketones (excluding diaryl/α,β-unsaturated/α-hetero) is 1. The van der Waals surface area contributed by atoms with Crippen LogP contribution >= 0.6 is 0 Å². The minimum absolute atomic E-state index is 0.115. The van der Waals surface area contributed by atoms with Gasteiger partial charge in [0.1, 0.15) is 17.4 Å². The Morgan fingerprint density at radius 1 is 1.26 bits per heavy atom. The molecule has 31 heavy (non-hydrogen) atoms. The highest BCUT2D eigenvalue weighted by Crippen LogP contribution is 2.21. The second-order valence-corrected chi connectivity index (χ2v) is 6.52. The van der Waals surface area contributed by atoms with E-state index >= 15 is 0 Å². The fourth-order valence-electron chi connectivity index (χ4n) is 2.77. The summed E-state index contributed by atoms with van der Waals surface area (Å²) in [4.78, 5) is 15.8. The summed E-state index contributed by atoms with van der Waals surface area (Å²) >= 11 is 0. The van der Waals surface area contributed by atoms with Crippen LogP contribution < -0.4 is 15.4 Å². The Bertz CT molecular complexity index is 969. The molecule has 0 bridgehead atoms. The summed E-state index contributed by atoms with van der Waals surface area (Å²) in [6, 6.07) is 11.5. The summed E-state index contributed by atoms with van der Waals surface area (Å²) in [6.07, 6.45) is 2.20. The van der Waals surface area contributed by atoms with Crippen molar-refractivity contribution in [1.29, 1.82) is 0 Å². The third-order valence-corrected chi connectivity index (χ3v) is 4.17. The number of hydrogen-bond donors (Lipinski definition) is 2. The molecular weight excluding hydrogens is 394 g/mol. The average Bonchev–Trinajstić information content (AvgIpc) is 3.15. The predicted molar refractivity (Wildman–Crippen MR) is 123 cm³/mol. The van der Waals surface area contributed by atoms with E-state index in [0.29, 0.717) is 30.8 Å². The molecule has 1 aliphatic rings. The average molecular weight is 426 g/mol. The molecule has 166 valence electrons. The maximum Gasteiger partial charge on any atom is 0.237 e. The monoisotopic (exact) mass is 425 g/mol. The normalized spacial score (nSPS) is 12.6. The number of rotatable bonds is 8. The summed E-state index contributed by atoms with van der Waals surface area (Å²) in [5, 5.41) is 11.0. The van der Waals surface area contributed by atoms with Gasteiger partial charge in [-0.15, -0.1) is 18.3 Å². The fraction of sp³-hybridized carbons (Fsp3) is 0.348. The van der Waals surface area contributed by atoms with Crippen molar-refractivity contribution in [1.82, 2.24) is 19.9 Å². The van der Waals surface area contributed by atoms with Crippen LogP contribution in [0.25, 0.3) is 5.65 Å². The Morgan fingerprint density at radius 2 is 2.03 bits per heavy atom. The van der Waals surface area contributed by atoms with Crippen molar-refractivity contribution in [2.24, 2.45) is 0 Å². The molecular formula is C23H31N5O3. The van der Waals surface area contributed by atoms with Gasteiger partial charge in [0.15, 0.2) is 5.65 Å². The van der Waals surface area contributed by atoms with Gasteiger partial charge in [-0.3, -0.25) is 10.1 Å². The number of ketones is 1. The quantitative estimate of drug-likeness (QED) is 0.419. The van der Waals surface area contributed by atoms with E-state index in [9.17, 15) is 4.79 Å². The van der Waals surface area contributed by atoms with Crippen LogP contribution in [0.2, 0.25) is 0 Å². The lowest BCUT2D eigenvalue weighted by Gasteiger charge is -2.26. The highest BCUT2D eigenvalue weighted by Gasteiger charge is 2.16. The van der Waals surface area contributed by atoms with E-state index < -0.39 is 0 Å². The molecule has 2 N–H and O–H groups in total. The number of ether oxygens (including phenoxy) is 2. The summed E-state index contributed by atoms with van der Waals surface area (Å²) < 4.78 is 12.6. The Labute approximate surface area is 183 Å². The number of nitrogens with zero attached hydrogens (tertiary/aromatic N) is 3. The zero-order valence-electron chi connectivity index (χ0n) is 18.4. The number of imidazole rings is 1. The minimum Gasteiger partial charge on any atom is -0.438 e. The standard InChI is InChI=1S/C19H21N5O3.C2H6.C2H4/c1-13(25)7-14-3-2-4-16(8-14)27-19-6-5-18-22-17(9-24(18)23-19)21-12-20-15-10-26-11-15;2*1-2/h2-6,8-9,15,20-21H,7,10-12H2,1H3;1-2H3;1-2H2. The number of fused-ring (bicyclic) bond motifs is 1. The van der Waals surface area contributed by atoms with Gasteiger partial charge in [-0.2, -0.15) is 0 Å². The first kappa shape index (κ1) is 24.0. The van der Waals surface area contributed by atoms with Crippen molar-refractivity contribution in [2.45, 2.75) is 33.2 Å². The van der Waals surface area contributed by atoms with Crippen molar-refractivity contribution in [3.63, 3.8) is 0 Å². The third-order valence-electron chi connectivity index (χ3n) is 4.17. The highest BCUT2D eigenvalue weighted by atomic mass is 16.5. The maximum atomic E-state index is 11.3. The Hall–Kier alpha value is -3.23. The van der Waals surface area contributed by atoms with E-state index in [1.807, 2.05) is 50.4 Å². The molecule has 0 aliphatic carbocycles. The van der Waals surface area contributed by atoms with E-state index in [0.717, 1.165) is 30.2 Å². The molecule has 0 saturated carbocycles. The molecule has 3 aromatic rings. The molecule has 0 radical (unpaired) electrons. The first-order valence-electron chi connectivity index (χ1n) is 10.3. The van der Waals surface area contributed by atoms with Gasteiger partial charge in [-0.25, -0.2) is 9.50 Å². The SMILES string of the molecule is C=C.CC.CC(=O)Cc1cccc(Oc2ccc3nc(NCNC4COC4)cn3n2)c1. The number of hydrogen-bond acceptors (Lipinski definition) is 7. The van der Waals surface area contributed by atoms with Gasteiger partial charge in [-0.1, -0.05) is 26.0 Å². The smallest absolute Gasteiger partial charge is 0.237 e. The molecule has 4 rings (SSSR count). The summed E-state index contributed by atoms with van der Waals surface area (Å²) in [7, 11) is 0. The van der Waals surface area contributed by atoms with Crippen molar-refractivity contribution in [3.05, 3.63) is 61.3 Å². The van der Waals surface area contributed by atoms with Gasteiger partial charge >= 0.3 is 0 Å². The predicted octanol–water partition coefficient (Wildman–Crippen LogP) is 3.84. The van der Waals surface area contributed by atoms with E-state index in [1.54, 1.807) is 17.5 Å². The largest absolute Gasteiger partial charge is 0.438 e. The van der Waals surface area contributed by atoms with Crippen LogP contribution in [0, 0.1) is 0 Å². The van der Waals surface area contributed by atoms with Crippen LogP contribution in [0.1, 0.15) is 26.3 Å². The van der Waals surface area contributed by atoms with Gasteiger partial charge in [0, 0.05) is 12.5 Å². The number of carbonyl (C=O) groups is 1. The zero-order valence-corrected chi connectivity index (χ0v) is 18.4. The molecule has 0 amide bonds. The summed E-state index contributed by atoms with van der Waals surface area (Å²) in [6.45, 7) is 13.7. The van der Waals surface area contributed by atoms with Gasteiger partial charge < -0.3 is 14.8 Å².